The molecule has 22 heavy (non-hydrogen) atoms. The van der Waals surface area contributed by atoms with E-state index in [-0.39, 0.29) is 0 Å². The lowest BCUT2D eigenvalue weighted by Crippen LogP contribution is -2.45. The minimum Gasteiger partial charge on any atom is -0.367 e. The predicted molar refractivity (Wildman–Crippen MR) is 88.4 cm³/mol. The normalized spacial score (nSPS) is 16.6. The highest BCUT2D eigenvalue weighted by Crippen LogP contribution is 2.21. The molecule has 3 heterocycles. The largest absolute Gasteiger partial charge is 0.367 e. The van der Waals surface area contributed by atoms with Gasteiger partial charge in [0.2, 0.25) is 5.95 Å². The summed E-state index contributed by atoms with van der Waals surface area (Å²) in [6.45, 7) is 5.74. The quantitative estimate of drug-likeness (QED) is 0.810. The average molecular weight is 304 g/mol. The van der Waals surface area contributed by atoms with Gasteiger partial charge in [-0.05, 0) is 21.1 Å². The van der Waals surface area contributed by atoms with Gasteiger partial charge < -0.3 is 25.0 Å². The Balaban J connectivity index is 1.82. The van der Waals surface area contributed by atoms with E-state index in [0.29, 0.717) is 0 Å². The third-order valence-corrected chi connectivity index (χ3v) is 3.91. The SMILES string of the molecule is CN(C)CCNc1nc(N2CCN(C)CC2)nc2nc[nH]c12. The molecule has 0 spiro atoms. The van der Waals surface area contributed by atoms with E-state index >= 15 is 0 Å². The van der Waals surface area contributed by atoms with E-state index in [9.17, 15) is 0 Å². The number of anilines is 2. The first-order chi connectivity index (χ1) is 10.6. The average Bonchev–Trinajstić information content (AvgIpc) is 2.96. The fraction of sp³-hybridized carbons (Fsp3) is 0.643. The van der Waals surface area contributed by atoms with Crippen molar-refractivity contribution in [2.24, 2.45) is 0 Å². The van der Waals surface area contributed by atoms with Crippen molar-refractivity contribution in [3.63, 3.8) is 0 Å². The molecular weight excluding hydrogens is 280 g/mol. The van der Waals surface area contributed by atoms with Gasteiger partial charge >= 0.3 is 0 Å². The van der Waals surface area contributed by atoms with Crippen molar-refractivity contribution in [2.75, 3.05) is 70.6 Å². The summed E-state index contributed by atoms with van der Waals surface area (Å²) in [6, 6.07) is 0. The van der Waals surface area contributed by atoms with Gasteiger partial charge in [-0.2, -0.15) is 9.97 Å². The van der Waals surface area contributed by atoms with Crippen LogP contribution in [-0.2, 0) is 0 Å². The van der Waals surface area contributed by atoms with Crippen LogP contribution in [0, 0.1) is 0 Å². The van der Waals surface area contributed by atoms with Crippen LogP contribution in [0.1, 0.15) is 0 Å². The second kappa shape index (κ2) is 6.45. The van der Waals surface area contributed by atoms with Crippen LogP contribution < -0.4 is 10.2 Å². The van der Waals surface area contributed by atoms with Crippen LogP contribution in [0.5, 0.6) is 0 Å². The molecule has 0 amide bonds. The van der Waals surface area contributed by atoms with Crippen molar-refractivity contribution in [2.45, 2.75) is 0 Å². The minimum absolute atomic E-state index is 0.719. The minimum atomic E-state index is 0.719. The number of imidazole rings is 1. The highest BCUT2D eigenvalue weighted by Gasteiger charge is 2.19. The van der Waals surface area contributed by atoms with E-state index in [1.165, 1.54) is 0 Å². The van der Waals surface area contributed by atoms with Gasteiger partial charge in [-0.15, -0.1) is 0 Å². The first-order valence-corrected chi connectivity index (χ1v) is 7.66. The first-order valence-electron chi connectivity index (χ1n) is 7.66. The van der Waals surface area contributed by atoms with Gasteiger partial charge in [0.15, 0.2) is 11.5 Å². The Bertz CT molecular complexity index is 614. The highest BCUT2D eigenvalue weighted by atomic mass is 15.3. The number of hydrogen-bond donors (Lipinski definition) is 2. The maximum atomic E-state index is 4.71. The van der Waals surface area contributed by atoms with Gasteiger partial charge in [0.05, 0.1) is 6.33 Å². The summed E-state index contributed by atoms with van der Waals surface area (Å²) in [6.07, 6.45) is 1.67. The number of aromatic nitrogens is 4. The molecule has 1 aliphatic rings. The number of piperazine rings is 1. The molecule has 1 fully saturated rings. The van der Waals surface area contributed by atoms with Crippen LogP contribution in [0.2, 0.25) is 0 Å². The van der Waals surface area contributed by atoms with Gasteiger partial charge in [-0.3, -0.25) is 0 Å². The van der Waals surface area contributed by atoms with Gasteiger partial charge in [0, 0.05) is 39.3 Å². The number of aromatic amines is 1. The lowest BCUT2D eigenvalue weighted by Gasteiger charge is -2.32. The van der Waals surface area contributed by atoms with Crippen molar-refractivity contribution in [1.29, 1.82) is 0 Å². The molecule has 8 heteroatoms. The molecule has 2 N–H and O–H groups in total. The fourth-order valence-corrected chi connectivity index (χ4v) is 2.50. The van der Waals surface area contributed by atoms with E-state index in [1.54, 1.807) is 6.33 Å². The zero-order valence-electron chi connectivity index (χ0n) is 13.5. The Morgan fingerprint density at radius 3 is 2.73 bits per heavy atom. The third kappa shape index (κ3) is 3.28. The van der Waals surface area contributed by atoms with Crippen molar-refractivity contribution >= 4 is 22.9 Å². The van der Waals surface area contributed by atoms with Crippen LogP contribution in [0.25, 0.3) is 11.2 Å². The molecule has 0 aliphatic carbocycles. The van der Waals surface area contributed by atoms with E-state index in [0.717, 1.165) is 62.2 Å². The summed E-state index contributed by atoms with van der Waals surface area (Å²) in [5, 5.41) is 3.39. The van der Waals surface area contributed by atoms with Crippen molar-refractivity contribution in [3.05, 3.63) is 6.33 Å². The van der Waals surface area contributed by atoms with Crippen LogP contribution in [-0.4, -0.2) is 90.1 Å². The molecule has 120 valence electrons. The molecule has 8 nitrogen and oxygen atoms in total. The van der Waals surface area contributed by atoms with Crippen LogP contribution in [0.3, 0.4) is 0 Å². The molecule has 0 unspecified atom stereocenters. The molecule has 2 aromatic heterocycles. The lowest BCUT2D eigenvalue weighted by atomic mass is 10.3. The summed E-state index contributed by atoms with van der Waals surface area (Å²) < 4.78 is 0. The van der Waals surface area contributed by atoms with Crippen LogP contribution in [0.15, 0.2) is 6.33 Å². The lowest BCUT2D eigenvalue weighted by molar-refractivity contribution is 0.311. The number of fused-ring (bicyclic) bond motifs is 1. The Morgan fingerprint density at radius 1 is 1.23 bits per heavy atom. The summed E-state index contributed by atoms with van der Waals surface area (Å²) in [4.78, 5) is 23.4. The molecule has 0 atom stereocenters. The maximum Gasteiger partial charge on any atom is 0.229 e. The molecule has 1 saturated heterocycles. The Kier molecular flexibility index (Phi) is 4.39. The van der Waals surface area contributed by atoms with E-state index in [2.05, 4.69) is 56.1 Å². The summed E-state index contributed by atoms with van der Waals surface area (Å²) in [5.74, 6) is 1.60. The highest BCUT2D eigenvalue weighted by molar-refractivity contribution is 5.83. The van der Waals surface area contributed by atoms with Crippen LogP contribution in [0.4, 0.5) is 11.8 Å². The zero-order valence-corrected chi connectivity index (χ0v) is 13.5. The topological polar surface area (TPSA) is 76.2 Å². The first kappa shape index (κ1) is 15.0. The van der Waals surface area contributed by atoms with Gasteiger partial charge in [-0.25, -0.2) is 4.98 Å². The van der Waals surface area contributed by atoms with Crippen molar-refractivity contribution < 1.29 is 0 Å². The third-order valence-electron chi connectivity index (χ3n) is 3.91. The molecule has 1 aliphatic heterocycles. The Labute approximate surface area is 130 Å². The molecule has 0 aromatic carbocycles. The standard InChI is InChI=1S/C14H24N8/c1-20(2)5-4-15-12-11-13(17-10-16-11)19-14(18-12)22-8-6-21(3)7-9-22/h10H,4-9H2,1-3H3,(H2,15,16,17,18,19). The monoisotopic (exact) mass is 304 g/mol. The molecular formula is C14H24N8. The summed E-state index contributed by atoms with van der Waals surface area (Å²) in [7, 11) is 6.26. The van der Waals surface area contributed by atoms with Gasteiger partial charge in [0.25, 0.3) is 0 Å². The number of nitrogens with zero attached hydrogens (tertiary/aromatic N) is 6. The van der Waals surface area contributed by atoms with Gasteiger partial charge in [0.1, 0.15) is 5.52 Å². The molecule has 0 bridgehead atoms. The molecule has 3 rings (SSSR count). The molecule has 0 saturated carbocycles. The smallest absolute Gasteiger partial charge is 0.229 e. The second-order valence-electron chi connectivity index (χ2n) is 5.99. The Morgan fingerprint density at radius 2 is 2.00 bits per heavy atom. The maximum absolute atomic E-state index is 4.71. The van der Waals surface area contributed by atoms with Gasteiger partial charge in [-0.1, -0.05) is 0 Å². The van der Waals surface area contributed by atoms with Crippen LogP contribution >= 0.6 is 0 Å². The predicted octanol–water partition coefficient (Wildman–Crippen LogP) is 0.0782. The number of rotatable bonds is 5. The number of hydrogen-bond acceptors (Lipinski definition) is 7. The van der Waals surface area contributed by atoms with E-state index < -0.39 is 0 Å². The number of nitrogens with one attached hydrogen (secondary N) is 2. The van der Waals surface area contributed by atoms with E-state index in [4.69, 9.17) is 4.98 Å². The summed E-state index contributed by atoms with van der Waals surface area (Å²) >= 11 is 0. The van der Waals surface area contributed by atoms with Crippen molar-refractivity contribution in [1.82, 2.24) is 29.7 Å². The second-order valence-corrected chi connectivity index (χ2v) is 5.99. The molecule has 2 aromatic rings. The molecule has 0 radical (unpaired) electrons. The Hall–Kier alpha value is -1.93. The number of H-pyrrole nitrogens is 1. The summed E-state index contributed by atoms with van der Waals surface area (Å²) in [5.41, 5.74) is 1.59. The van der Waals surface area contributed by atoms with Crippen molar-refractivity contribution in [3.8, 4) is 0 Å². The zero-order chi connectivity index (χ0) is 15.5. The number of likely N-dealkylation sites (N-methyl/N-ethyl adjacent to an activating group) is 2. The van der Waals surface area contributed by atoms with E-state index in [1.807, 2.05) is 0 Å². The fourth-order valence-electron chi connectivity index (χ4n) is 2.50.